The third-order valence-corrected chi connectivity index (χ3v) is 6.73. The van der Waals surface area contributed by atoms with Gasteiger partial charge in [0.15, 0.2) is 0 Å². The number of carbonyl (C=O) groups excluding carboxylic acids is 1. The zero-order chi connectivity index (χ0) is 21.4. The molecule has 2 aliphatic carbocycles. The third kappa shape index (κ3) is 4.78. The Labute approximate surface area is 186 Å². The largest absolute Gasteiger partial charge is 0.446 e. The van der Waals surface area contributed by atoms with E-state index in [4.69, 9.17) is 42.5 Å². The van der Waals surface area contributed by atoms with Crippen molar-refractivity contribution in [3.63, 3.8) is 0 Å². The minimum absolute atomic E-state index is 0.202. The minimum Gasteiger partial charge on any atom is -0.446 e. The number of carbonyl (C=O) groups is 1. The van der Waals surface area contributed by atoms with Crippen LogP contribution in [0.3, 0.4) is 0 Å². The highest BCUT2D eigenvalue weighted by atomic mass is 35.5. The molecule has 0 bridgehead atoms. The number of halogens is 2. The van der Waals surface area contributed by atoms with Crippen LogP contribution in [0.1, 0.15) is 58.3 Å². The molecule has 3 aliphatic rings. The van der Waals surface area contributed by atoms with Gasteiger partial charge in [-0.3, -0.25) is 5.32 Å². The Kier molecular flexibility index (Phi) is 6.33. The van der Waals surface area contributed by atoms with Crippen LogP contribution in [0.15, 0.2) is 30.4 Å². The number of allylic oxidation sites excluding steroid dienone is 1. The Hall–Kier alpha value is -1.31. The molecule has 4 atom stereocenters. The van der Waals surface area contributed by atoms with Gasteiger partial charge in [0.2, 0.25) is 11.6 Å². The molecule has 1 heterocycles. The van der Waals surface area contributed by atoms with Gasteiger partial charge in [-0.1, -0.05) is 35.4 Å². The normalized spacial score (nSPS) is 34.2. The number of hydrogen-bond donors (Lipinski definition) is 1. The molecule has 4 unspecified atom stereocenters. The first-order valence-electron chi connectivity index (χ1n) is 10.4. The standard InChI is InChI=1S/C22H27Cl2NO5/c1-14-5-3-6-15(11-14)21(2)28-22(30-29-21)10-4-7-17(13-22)27-20(26)25-19-12-16(23)8-9-18(19)24/h8-9,12,15,17H,1,3-7,10-11,13H2,2H3,(H,25,26). The molecule has 0 aromatic heterocycles. The van der Waals surface area contributed by atoms with Gasteiger partial charge in [0.1, 0.15) is 6.10 Å². The number of amides is 1. The number of anilines is 1. The average Bonchev–Trinajstić information content (AvgIpc) is 3.02. The second kappa shape index (κ2) is 8.67. The van der Waals surface area contributed by atoms with Crippen LogP contribution in [0.25, 0.3) is 0 Å². The maximum Gasteiger partial charge on any atom is 0.411 e. The summed E-state index contributed by atoms with van der Waals surface area (Å²) >= 11 is 12.1. The molecule has 1 amide bonds. The SMILES string of the molecule is C=C1CCCC(C2(C)OOC3(CCCC(OC(=O)Nc4cc(Cl)ccc4Cl)C3)O2)C1. The van der Waals surface area contributed by atoms with Crippen LogP contribution in [0, 0.1) is 5.92 Å². The second-order valence-electron chi connectivity index (χ2n) is 8.61. The molecule has 1 aliphatic heterocycles. The molecule has 4 rings (SSSR count). The number of rotatable bonds is 3. The Balaban J connectivity index is 1.37. The van der Waals surface area contributed by atoms with Crippen LogP contribution >= 0.6 is 23.2 Å². The fourth-order valence-corrected chi connectivity index (χ4v) is 4.95. The van der Waals surface area contributed by atoms with Gasteiger partial charge in [-0.2, -0.15) is 9.78 Å². The maximum absolute atomic E-state index is 12.4. The van der Waals surface area contributed by atoms with Crippen LogP contribution in [-0.4, -0.2) is 23.8 Å². The van der Waals surface area contributed by atoms with Gasteiger partial charge in [0.05, 0.1) is 10.7 Å². The number of hydrogen-bond acceptors (Lipinski definition) is 5. The molecule has 1 aromatic rings. The molecular formula is C22H27Cl2NO5. The van der Waals surface area contributed by atoms with E-state index in [-0.39, 0.29) is 12.0 Å². The first-order valence-corrected chi connectivity index (χ1v) is 11.2. The summed E-state index contributed by atoms with van der Waals surface area (Å²) in [4.78, 5) is 23.9. The predicted molar refractivity (Wildman–Crippen MR) is 114 cm³/mol. The van der Waals surface area contributed by atoms with E-state index in [1.807, 2.05) is 6.92 Å². The first-order chi connectivity index (χ1) is 14.3. The van der Waals surface area contributed by atoms with Crippen molar-refractivity contribution in [2.24, 2.45) is 5.92 Å². The van der Waals surface area contributed by atoms with Gasteiger partial charge in [-0.05, 0) is 63.6 Å². The van der Waals surface area contributed by atoms with Crippen LogP contribution in [0.4, 0.5) is 10.5 Å². The summed E-state index contributed by atoms with van der Waals surface area (Å²) in [7, 11) is 0. The highest BCUT2D eigenvalue weighted by molar-refractivity contribution is 6.35. The molecule has 1 N–H and O–H groups in total. The highest BCUT2D eigenvalue weighted by Gasteiger charge is 2.56. The predicted octanol–water partition coefficient (Wildman–Crippen LogP) is 6.62. The fourth-order valence-electron chi connectivity index (χ4n) is 4.62. The van der Waals surface area contributed by atoms with Gasteiger partial charge in [0, 0.05) is 23.8 Å². The summed E-state index contributed by atoms with van der Waals surface area (Å²) in [5.41, 5.74) is 1.63. The van der Waals surface area contributed by atoms with E-state index in [2.05, 4.69) is 11.9 Å². The Morgan fingerprint density at radius 2 is 2.10 bits per heavy atom. The lowest BCUT2D eigenvalue weighted by Crippen LogP contribution is -2.45. The maximum atomic E-state index is 12.4. The minimum atomic E-state index is -0.898. The van der Waals surface area contributed by atoms with Gasteiger partial charge < -0.3 is 9.47 Å². The van der Waals surface area contributed by atoms with Crippen molar-refractivity contribution in [3.05, 3.63) is 40.4 Å². The van der Waals surface area contributed by atoms with Crippen molar-refractivity contribution >= 4 is 35.0 Å². The van der Waals surface area contributed by atoms with Gasteiger partial charge in [-0.15, -0.1) is 0 Å². The molecule has 3 fully saturated rings. The summed E-state index contributed by atoms with van der Waals surface area (Å²) in [6.45, 7) is 6.06. The highest BCUT2D eigenvalue weighted by Crippen LogP contribution is 2.49. The number of benzene rings is 1. The van der Waals surface area contributed by atoms with Gasteiger partial charge in [-0.25, -0.2) is 4.79 Å². The zero-order valence-corrected chi connectivity index (χ0v) is 18.6. The average molecular weight is 456 g/mol. The lowest BCUT2D eigenvalue weighted by molar-refractivity contribution is -0.361. The van der Waals surface area contributed by atoms with Gasteiger partial charge in [0.25, 0.3) is 0 Å². The molecular weight excluding hydrogens is 429 g/mol. The summed E-state index contributed by atoms with van der Waals surface area (Å²) in [5.74, 6) is -1.51. The van der Waals surface area contributed by atoms with E-state index in [9.17, 15) is 4.79 Å². The van der Waals surface area contributed by atoms with Crippen LogP contribution in [0.5, 0.6) is 0 Å². The Morgan fingerprint density at radius 1 is 1.27 bits per heavy atom. The molecule has 0 radical (unpaired) electrons. The molecule has 1 aromatic carbocycles. The molecule has 2 saturated carbocycles. The molecule has 6 nitrogen and oxygen atoms in total. The van der Waals surface area contributed by atoms with Gasteiger partial charge >= 0.3 is 6.09 Å². The Morgan fingerprint density at radius 3 is 2.90 bits per heavy atom. The Bertz CT molecular complexity index is 834. The van der Waals surface area contributed by atoms with Crippen molar-refractivity contribution in [2.75, 3.05) is 5.32 Å². The number of nitrogens with one attached hydrogen (secondary N) is 1. The van der Waals surface area contributed by atoms with E-state index >= 15 is 0 Å². The van der Waals surface area contributed by atoms with Crippen LogP contribution in [0.2, 0.25) is 10.0 Å². The lowest BCUT2D eigenvalue weighted by Gasteiger charge is -2.37. The van der Waals surface area contributed by atoms with E-state index in [1.165, 1.54) is 5.57 Å². The third-order valence-electron chi connectivity index (χ3n) is 6.17. The first kappa shape index (κ1) is 21.9. The summed E-state index contributed by atoms with van der Waals surface area (Å²) < 4.78 is 12.0. The van der Waals surface area contributed by atoms with Crippen LogP contribution < -0.4 is 5.32 Å². The fraction of sp³-hybridized carbons (Fsp3) is 0.591. The lowest BCUT2D eigenvalue weighted by atomic mass is 9.81. The van der Waals surface area contributed by atoms with Crippen molar-refractivity contribution in [1.29, 1.82) is 0 Å². The van der Waals surface area contributed by atoms with E-state index in [1.54, 1.807) is 18.2 Å². The van der Waals surface area contributed by atoms with E-state index < -0.39 is 17.7 Å². The van der Waals surface area contributed by atoms with Crippen LogP contribution in [-0.2, 0) is 19.2 Å². The quantitative estimate of drug-likeness (QED) is 0.409. The van der Waals surface area contributed by atoms with Crippen molar-refractivity contribution in [2.45, 2.75) is 76.0 Å². The van der Waals surface area contributed by atoms with E-state index in [0.717, 1.165) is 38.5 Å². The molecule has 1 spiro atoms. The molecule has 164 valence electrons. The van der Waals surface area contributed by atoms with Crippen molar-refractivity contribution < 1.29 is 24.0 Å². The molecule has 8 heteroatoms. The summed E-state index contributed by atoms with van der Waals surface area (Å²) in [6.07, 6.45) is 5.70. The smallest absolute Gasteiger partial charge is 0.411 e. The topological polar surface area (TPSA) is 66.0 Å². The van der Waals surface area contributed by atoms with E-state index in [0.29, 0.717) is 28.6 Å². The van der Waals surface area contributed by atoms with Crippen molar-refractivity contribution in [3.8, 4) is 0 Å². The molecule has 1 saturated heterocycles. The van der Waals surface area contributed by atoms with Crippen molar-refractivity contribution in [1.82, 2.24) is 0 Å². The number of ether oxygens (including phenoxy) is 2. The second-order valence-corrected chi connectivity index (χ2v) is 9.46. The zero-order valence-electron chi connectivity index (χ0n) is 17.0. The summed E-state index contributed by atoms with van der Waals surface area (Å²) in [6, 6.07) is 4.85. The molecule has 30 heavy (non-hydrogen) atoms. The summed E-state index contributed by atoms with van der Waals surface area (Å²) in [5, 5.41) is 3.51. The monoisotopic (exact) mass is 455 g/mol.